The lowest BCUT2D eigenvalue weighted by Gasteiger charge is -2.09. The van der Waals surface area contributed by atoms with Crippen molar-refractivity contribution in [1.29, 1.82) is 0 Å². The van der Waals surface area contributed by atoms with E-state index in [1.54, 1.807) is 18.2 Å². The van der Waals surface area contributed by atoms with Crippen LogP contribution >= 0.6 is 0 Å². The second kappa shape index (κ2) is 11.0. The minimum atomic E-state index is -0.208. The fraction of sp³-hybridized carbons (Fsp3) is 0.348. The number of benzene rings is 2. The monoisotopic (exact) mass is 408 g/mol. The standard InChI is InChI=1S/C23H28N4O3/c1-2-3-6-16-30-18-12-10-17(11-13-18)22(28)25-15-7-14-24-21-19-8-4-5-9-20(19)23(29)27-26-21/h4-5,8-13H,2-3,6-7,14-16H2,1H3,(H,24,26)(H,25,28)(H,27,29). The normalized spacial score (nSPS) is 10.7. The van der Waals surface area contributed by atoms with Gasteiger partial charge in [0.25, 0.3) is 11.5 Å². The molecule has 1 heterocycles. The van der Waals surface area contributed by atoms with Crippen molar-refractivity contribution in [2.24, 2.45) is 0 Å². The summed E-state index contributed by atoms with van der Waals surface area (Å²) in [6, 6.07) is 14.5. The molecule has 0 unspecified atom stereocenters. The number of carbonyl (C=O) groups excluding carboxylic acids is 1. The fourth-order valence-corrected chi connectivity index (χ4v) is 3.09. The molecule has 0 fully saturated rings. The van der Waals surface area contributed by atoms with E-state index in [1.165, 1.54) is 0 Å². The van der Waals surface area contributed by atoms with E-state index in [-0.39, 0.29) is 11.5 Å². The minimum Gasteiger partial charge on any atom is -0.494 e. The number of hydrogen-bond donors (Lipinski definition) is 3. The van der Waals surface area contributed by atoms with Crippen LogP contribution in [0.4, 0.5) is 5.82 Å². The maximum atomic E-state index is 12.3. The minimum absolute atomic E-state index is 0.111. The SMILES string of the molecule is CCCCCOc1ccc(C(=O)NCCCNc2n[nH]c(=O)c3ccccc23)cc1. The van der Waals surface area contributed by atoms with E-state index in [2.05, 4.69) is 27.8 Å². The van der Waals surface area contributed by atoms with Gasteiger partial charge in [-0.3, -0.25) is 9.59 Å². The number of ether oxygens (including phenoxy) is 1. The number of amides is 1. The summed E-state index contributed by atoms with van der Waals surface area (Å²) in [5.41, 5.74) is 0.401. The molecule has 0 atom stereocenters. The molecule has 0 saturated carbocycles. The topological polar surface area (TPSA) is 96.1 Å². The first-order valence-corrected chi connectivity index (χ1v) is 10.4. The maximum Gasteiger partial charge on any atom is 0.272 e. The molecule has 0 spiro atoms. The van der Waals surface area contributed by atoms with Gasteiger partial charge in [-0.25, -0.2) is 5.10 Å². The molecule has 1 aromatic heterocycles. The summed E-state index contributed by atoms with van der Waals surface area (Å²) >= 11 is 0. The van der Waals surface area contributed by atoms with E-state index in [4.69, 9.17) is 4.74 Å². The Bertz CT molecular complexity index is 1010. The summed E-state index contributed by atoms with van der Waals surface area (Å²) in [6.45, 7) is 4.01. The Hall–Kier alpha value is -3.35. The first-order valence-electron chi connectivity index (χ1n) is 10.4. The largest absolute Gasteiger partial charge is 0.494 e. The van der Waals surface area contributed by atoms with Gasteiger partial charge in [-0.1, -0.05) is 38.0 Å². The average Bonchev–Trinajstić information content (AvgIpc) is 2.78. The molecule has 0 radical (unpaired) electrons. The van der Waals surface area contributed by atoms with Gasteiger partial charge in [0.1, 0.15) is 5.75 Å². The highest BCUT2D eigenvalue weighted by Gasteiger charge is 2.07. The van der Waals surface area contributed by atoms with Crippen LogP contribution in [0.25, 0.3) is 10.8 Å². The zero-order chi connectivity index (χ0) is 21.2. The van der Waals surface area contributed by atoms with Crippen LogP contribution in [0, 0.1) is 0 Å². The molecule has 7 heteroatoms. The first kappa shape index (κ1) is 21.4. The third-order valence-electron chi connectivity index (χ3n) is 4.76. The average molecular weight is 409 g/mol. The Kier molecular flexibility index (Phi) is 7.83. The van der Waals surface area contributed by atoms with Crippen LogP contribution in [0.15, 0.2) is 53.3 Å². The number of hydrogen-bond acceptors (Lipinski definition) is 5. The molecule has 0 saturated heterocycles. The van der Waals surface area contributed by atoms with Crippen LogP contribution in [-0.2, 0) is 0 Å². The molecule has 0 aliphatic carbocycles. The van der Waals surface area contributed by atoms with Gasteiger partial charge in [0, 0.05) is 24.0 Å². The van der Waals surface area contributed by atoms with Crippen LogP contribution in [0.2, 0.25) is 0 Å². The lowest BCUT2D eigenvalue weighted by atomic mass is 10.2. The zero-order valence-electron chi connectivity index (χ0n) is 17.2. The predicted octanol–water partition coefficient (Wildman–Crippen LogP) is 3.72. The van der Waals surface area contributed by atoms with E-state index >= 15 is 0 Å². The van der Waals surface area contributed by atoms with Gasteiger partial charge >= 0.3 is 0 Å². The Morgan fingerprint density at radius 3 is 2.53 bits per heavy atom. The smallest absolute Gasteiger partial charge is 0.272 e. The van der Waals surface area contributed by atoms with Gasteiger partial charge in [-0.15, -0.1) is 0 Å². The van der Waals surface area contributed by atoms with Crippen molar-refractivity contribution >= 4 is 22.5 Å². The Labute approximate surface area is 175 Å². The number of aromatic nitrogens is 2. The van der Waals surface area contributed by atoms with Crippen LogP contribution in [0.5, 0.6) is 5.75 Å². The third kappa shape index (κ3) is 5.83. The Morgan fingerprint density at radius 2 is 1.77 bits per heavy atom. The third-order valence-corrected chi connectivity index (χ3v) is 4.76. The van der Waals surface area contributed by atoms with Gasteiger partial charge in [-0.2, -0.15) is 5.10 Å². The molecule has 0 aliphatic rings. The number of nitrogens with zero attached hydrogens (tertiary/aromatic N) is 1. The van der Waals surface area contributed by atoms with E-state index in [9.17, 15) is 9.59 Å². The lowest BCUT2D eigenvalue weighted by Crippen LogP contribution is -2.26. The van der Waals surface area contributed by atoms with Gasteiger partial charge in [0.15, 0.2) is 5.82 Å². The molecule has 2 aromatic carbocycles. The highest BCUT2D eigenvalue weighted by molar-refractivity contribution is 5.94. The summed E-state index contributed by atoms with van der Waals surface area (Å²) in [6.07, 6.45) is 4.08. The van der Waals surface area contributed by atoms with E-state index in [1.807, 2.05) is 30.3 Å². The molecule has 3 aromatic rings. The number of rotatable bonds is 11. The second-order valence-corrected chi connectivity index (χ2v) is 7.06. The molecule has 1 amide bonds. The molecule has 30 heavy (non-hydrogen) atoms. The summed E-state index contributed by atoms with van der Waals surface area (Å²) in [4.78, 5) is 24.1. The van der Waals surface area contributed by atoms with Crippen molar-refractivity contribution < 1.29 is 9.53 Å². The van der Waals surface area contributed by atoms with Crippen molar-refractivity contribution in [3.8, 4) is 5.75 Å². The number of H-pyrrole nitrogens is 1. The first-order chi connectivity index (χ1) is 14.7. The molecule has 7 nitrogen and oxygen atoms in total. The Balaban J connectivity index is 1.41. The molecule has 0 aliphatic heterocycles. The maximum absolute atomic E-state index is 12.3. The predicted molar refractivity (Wildman–Crippen MR) is 119 cm³/mol. The molecule has 3 N–H and O–H groups in total. The van der Waals surface area contributed by atoms with Crippen molar-refractivity contribution in [1.82, 2.24) is 15.5 Å². The number of anilines is 1. The zero-order valence-corrected chi connectivity index (χ0v) is 17.2. The van der Waals surface area contributed by atoms with Crippen LogP contribution in [0.3, 0.4) is 0 Å². The quantitative estimate of drug-likeness (QED) is 0.420. The second-order valence-electron chi connectivity index (χ2n) is 7.06. The van der Waals surface area contributed by atoms with Crippen LogP contribution < -0.4 is 20.9 Å². The van der Waals surface area contributed by atoms with E-state index in [0.717, 1.165) is 36.8 Å². The number of carbonyl (C=O) groups is 1. The fourth-order valence-electron chi connectivity index (χ4n) is 3.09. The molecule has 3 rings (SSSR count). The summed E-state index contributed by atoms with van der Waals surface area (Å²) in [7, 11) is 0. The number of fused-ring (bicyclic) bond motifs is 1. The lowest BCUT2D eigenvalue weighted by molar-refractivity contribution is 0.0953. The molecule has 0 bridgehead atoms. The summed E-state index contributed by atoms with van der Waals surface area (Å²) in [5.74, 6) is 1.30. The van der Waals surface area contributed by atoms with Crippen molar-refractivity contribution in [2.45, 2.75) is 32.6 Å². The number of unbranched alkanes of at least 4 members (excludes halogenated alkanes) is 2. The summed E-state index contributed by atoms with van der Waals surface area (Å²) in [5, 5.41) is 14.1. The molecular weight excluding hydrogens is 380 g/mol. The molecule has 158 valence electrons. The summed E-state index contributed by atoms with van der Waals surface area (Å²) < 4.78 is 5.67. The van der Waals surface area contributed by atoms with Gasteiger partial charge in [-0.05, 0) is 43.2 Å². The number of aromatic amines is 1. The molecular formula is C23H28N4O3. The van der Waals surface area contributed by atoms with Crippen LogP contribution in [-0.4, -0.2) is 35.8 Å². The van der Waals surface area contributed by atoms with Crippen molar-refractivity contribution in [3.63, 3.8) is 0 Å². The Morgan fingerprint density at radius 1 is 1.00 bits per heavy atom. The van der Waals surface area contributed by atoms with Crippen LogP contribution in [0.1, 0.15) is 43.0 Å². The van der Waals surface area contributed by atoms with Gasteiger partial charge < -0.3 is 15.4 Å². The van der Waals surface area contributed by atoms with Crippen molar-refractivity contribution in [2.75, 3.05) is 25.0 Å². The van der Waals surface area contributed by atoms with E-state index < -0.39 is 0 Å². The number of nitrogens with one attached hydrogen (secondary N) is 3. The van der Waals surface area contributed by atoms with Crippen molar-refractivity contribution in [3.05, 3.63) is 64.4 Å². The van der Waals surface area contributed by atoms with Gasteiger partial charge in [0.2, 0.25) is 0 Å². The van der Waals surface area contributed by atoms with E-state index in [0.29, 0.717) is 36.5 Å². The highest BCUT2D eigenvalue weighted by Crippen LogP contribution is 2.16. The van der Waals surface area contributed by atoms with Gasteiger partial charge in [0.05, 0.1) is 12.0 Å². The highest BCUT2D eigenvalue weighted by atomic mass is 16.5.